The van der Waals surface area contributed by atoms with Gasteiger partial charge in [-0.05, 0) is 60.8 Å². The van der Waals surface area contributed by atoms with Gasteiger partial charge in [0.2, 0.25) is 35.8 Å². The third kappa shape index (κ3) is 16.8. The van der Waals surface area contributed by atoms with Gasteiger partial charge in [0.15, 0.2) is 6.10 Å². The number of likely N-dealkylation sites (tertiary alicyclic amines) is 1. The molecule has 2 fully saturated rings. The number of likely N-dealkylation sites (N-methyl/N-ethyl adjacent to an activating group) is 2. The number of hydrogen-bond acceptors (Lipinski definition) is 17. The molecular weight excluding hydrogens is 1040 g/mol. The standard InChI is InChI=1S/C56H87N7O17/c1-13-31(6)44(39(76-11)27-41(65)63-25-17-20-37(63)49(77-12)32(7)51(70)58-33(8)45(66)35-18-15-14-16-19-35)61(9)53(72)42(29(2)3)60-52(71)43(30(4)5)62(10)56(75)78-28-34-21-22-38(36(26-34)59-40(64)23-24-57)79-55-48(69)46(67)47(68)50(80-55)54(73)74/h14-16,18-19,21-22,26,29-33,37,39,42-50,55,66-69H,13,17,20,23-25,27-28,57H2,1-12H3,(H,58,70)(H,59,64)(H,60,71)(H,73,74)/t31-,32+,33+,37-,39+,42-,43-,44-,45+,46?,47-,48?,49+,50?,55+/m0/s1. The zero-order chi connectivity index (χ0) is 59.9. The molecule has 0 aromatic heterocycles. The number of carboxylic acids is 1. The normalized spacial score (nSPS) is 22.6. The zero-order valence-corrected chi connectivity index (χ0v) is 48.1. The van der Waals surface area contributed by atoms with Gasteiger partial charge in [0.05, 0.1) is 54.5 Å². The number of aliphatic carboxylic acids is 1. The monoisotopic (exact) mass is 1130 g/mol. The molecular formula is C56H87N7O17. The number of methoxy groups -OCH3 is 2. The fraction of sp³-hybridized carbons (Fsp3) is 0.661. The molecule has 2 aromatic rings. The lowest BCUT2D eigenvalue weighted by Gasteiger charge is -2.41. The molecule has 0 aliphatic carbocycles. The molecule has 2 aliphatic heterocycles. The summed E-state index contributed by atoms with van der Waals surface area (Å²) >= 11 is 0. The Morgan fingerprint density at radius 1 is 0.850 bits per heavy atom. The molecule has 80 heavy (non-hydrogen) atoms. The summed E-state index contributed by atoms with van der Waals surface area (Å²) in [5.41, 5.74) is 6.50. The number of carboxylic acid groups (broad SMARTS) is 1. The first kappa shape index (κ1) is 66.5. The number of hydrogen-bond donors (Lipinski definition) is 9. The van der Waals surface area contributed by atoms with Gasteiger partial charge < -0.3 is 80.7 Å². The Morgan fingerprint density at radius 2 is 1.51 bits per heavy atom. The second kappa shape index (κ2) is 30.7. The summed E-state index contributed by atoms with van der Waals surface area (Å²) in [6, 6.07) is 9.20. The Labute approximate surface area is 468 Å². The van der Waals surface area contributed by atoms with Gasteiger partial charge in [0.25, 0.3) is 0 Å². The number of nitrogens with zero attached hydrogens (tertiary/aromatic N) is 3. The average molecular weight is 1130 g/mol. The van der Waals surface area contributed by atoms with Gasteiger partial charge in [-0.3, -0.25) is 28.9 Å². The second-order valence-corrected chi connectivity index (χ2v) is 21.6. The van der Waals surface area contributed by atoms with E-state index in [9.17, 15) is 59.1 Å². The first-order valence-electron chi connectivity index (χ1n) is 27.3. The van der Waals surface area contributed by atoms with Crippen LogP contribution >= 0.6 is 0 Å². The Bertz CT molecular complexity index is 2380. The van der Waals surface area contributed by atoms with Crippen LogP contribution in [0.2, 0.25) is 0 Å². The number of carbonyl (C=O) groups excluding carboxylic acids is 6. The molecule has 0 spiro atoms. The van der Waals surface area contributed by atoms with Crippen LogP contribution in [0.1, 0.15) is 105 Å². The Balaban J connectivity index is 1.47. The van der Waals surface area contributed by atoms with Crippen molar-refractivity contribution < 1.29 is 82.8 Å². The third-order valence-corrected chi connectivity index (χ3v) is 15.2. The number of aliphatic hydroxyl groups is 4. The minimum Gasteiger partial charge on any atom is -0.479 e. The highest BCUT2D eigenvalue weighted by molar-refractivity contribution is 5.93. The maximum atomic E-state index is 14.7. The van der Waals surface area contributed by atoms with E-state index in [4.69, 9.17) is 29.4 Å². The zero-order valence-electron chi connectivity index (χ0n) is 48.1. The molecule has 10 N–H and O–H groups in total. The molecule has 6 amide bonds. The number of amides is 6. The highest BCUT2D eigenvalue weighted by Crippen LogP contribution is 2.33. The number of anilines is 1. The van der Waals surface area contributed by atoms with E-state index in [1.807, 2.05) is 32.0 Å². The highest BCUT2D eigenvalue weighted by atomic mass is 16.7. The SMILES string of the molecule is CC[C@H](C)[C@@H]([C@@H](CC(=O)N1CCC[C@H]1[C@H](OC)[C@@H](C)C(=O)N[C@H](C)[C@@H](O)c1ccccc1)OC)N(C)C(=O)[C@@H](NC(=O)[C@H](C(C)C)N(C)C(=O)OCc1ccc(O[C@@H]2OC(C(=O)O)[C@@H](O)C(O)C2O)c(NC(=O)CCN)c1)C(C)C. The molecule has 24 heteroatoms. The number of carbonyl (C=O) groups is 7. The van der Waals surface area contributed by atoms with Crippen molar-refractivity contribution in [2.45, 2.75) is 173 Å². The van der Waals surface area contributed by atoms with Gasteiger partial charge in [-0.15, -0.1) is 0 Å². The van der Waals surface area contributed by atoms with Gasteiger partial charge in [-0.25, -0.2) is 9.59 Å². The molecule has 0 bridgehead atoms. The van der Waals surface area contributed by atoms with Crippen LogP contribution in [0.15, 0.2) is 48.5 Å². The summed E-state index contributed by atoms with van der Waals surface area (Å²) in [7, 11) is 5.97. The fourth-order valence-electron chi connectivity index (χ4n) is 10.4. The van der Waals surface area contributed by atoms with Crippen molar-refractivity contribution in [1.82, 2.24) is 25.3 Å². The van der Waals surface area contributed by atoms with E-state index in [1.54, 1.807) is 65.6 Å². The Hall–Kier alpha value is -5.99. The molecule has 2 heterocycles. The summed E-state index contributed by atoms with van der Waals surface area (Å²) < 4.78 is 28.6. The van der Waals surface area contributed by atoms with Crippen molar-refractivity contribution in [3.05, 3.63) is 59.7 Å². The van der Waals surface area contributed by atoms with Gasteiger partial charge in [-0.2, -0.15) is 0 Å². The highest BCUT2D eigenvalue weighted by Gasteiger charge is 2.49. The van der Waals surface area contributed by atoms with E-state index in [2.05, 4.69) is 16.0 Å². The summed E-state index contributed by atoms with van der Waals surface area (Å²) in [6.45, 7) is 14.4. The number of nitrogens with one attached hydrogen (secondary N) is 3. The third-order valence-electron chi connectivity index (χ3n) is 15.2. The van der Waals surface area contributed by atoms with Crippen LogP contribution in [0.25, 0.3) is 0 Å². The summed E-state index contributed by atoms with van der Waals surface area (Å²) in [5.74, 6) is -5.83. The first-order chi connectivity index (χ1) is 37.7. The molecule has 3 unspecified atom stereocenters. The van der Waals surface area contributed by atoms with E-state index in [0.717, 1.165) is 4.90 Å². The second-order valence-electron chi connectivity index (χ2n) is 21.6. The van der Waals surface area contributed by atoms with Crippen LogP contribution in [0, 0.1) is 23.7 Å². The van der Waals surface area contributed by atoms with E-state index < -0.39 is 133 Å². The van der Waals surface area contributed by atoms with Crippen molar-refractivity contribution in [3.63, 3.8) is 0 Å². The van der Waals surface area contributed by atoms with E-state index in [-0.39, 0.29) is 48.6 Å². The predicted molar refractivity (Wildman–Crippen MR) is 292 cm³/mol. The topological polar surface area (TPSA) is 339 Å². The Kier molecular flexibility index (Phi) is 25.5. The van der Waals surface area contributed by atoms with Crippen molar-refractivity contribution in [1.29, 1.82) is 0 Å². The van der Waals surface area contributed by atoms with Crippen LogP contribution in [-0.4, -0.2) is 196 Å². The van der Waals surface area contributed by atoms with Crippen molar-refractivity contribution in [3.8, 4) is 5.75 Å². The van der Waals surface area contributed by atoms with Gasteiger partial charge >= 0.3 is 12.1 Å². The summed E-state index contributed by atoms with van der Waals surface area (Å²) in [5, 5.41) is 59.8. The van der Waals surface area contributed by atoms with Gasteiger partial charge in [-0.1, -0.05) is 91.3 Å². The molecule has 2 aromatic carbocycles. The van der Waals surface area contributed by atoms with Crippen molar-refractivity contribution in [2.75, 3.05) is 46.7 Å². The summed E-state index contributed by atoms with van der Waals surface area (Å²) in [4.78, 5) is 99.7. The lowest BCUT2D eigenvalue weighted by Crippen LogP contribution is -2.61. The average Bonchev–Trinajstić information content (AvgIpc) is 3.91. The maximum Gasteiger partial charge on any atom is 0.410 e. The van der Waals surface area contributed by atoms with Crippen LogP contribution in [0.5, 0.6) is 5.75 Å². The van der Waals surface area contributed by atoms with E-state index >= 15 is 0 Å². The van der Waals surface area contributed by atoms with Gasteiger partial charge in [0, 0.05) is 47.8 Å². The molecule has 0 saturated carbocycles. The minimum atomic E-state index is -1.97. The largest absolute Gasteiger partial charge is 0.479 e. The van der Waals surface area contributed by atoms with Crippen LogP contribution < -0.4 is 26.4 Å². The molecule has 4 rings (SSSR count). The van der Waals surface area contributed by atoms with Gasteiger partial charge in [0.1, 0.15) is 42.8 Å². The smallest absolute Gasteiger partial charge is 0.410 e. The number of nitrogens with two attached hydrogens (primary N) is 1. The maximum absolute atomic E-state index is 14.7. The number of rotatable bonds is 28. The molecule has 15 atom stereocenters. The lowest BCUT2D eigenvalue weighted by molar-refractivity contribution is -0.271. The Morgan fingerprint density at radius 3 is 2.09 bits per heavy atom. The fourth-order valence-corrected chi connectivity index (χ4v) is 10.4. The van der Waals surface area contributed by atoms with Crippen LogP contribution in [-0.2, 0) is 54.3 Å². The minimum absolute atomic E-state index is 0.0190. The van der Waals surface area contributed by atoms with Crippen LogP contribution in [0.4, 0.5) is 10.5 Å². The van der Waals surface area contributed by atoms with E-state index in [0.29, 0.717) is 36.9 Å². The van der Waals surface area contributed by atoms with Crippen LogP contribution in [0.3, 0.4) is 0 Å². The summed E-state index contributed by atoms with van der Waals surface area (Å²) in [6.07, 6.45) is -11.3. The lowest BCUT2D eigenvalue weighted by atomic mass is 9.89. The molecule has 2 saturated heterocycles. The molecule has 448 valence electrons. The molecule has 24 nitrogen and oxygen atoms in total. The van der Waals surface area contributed by atoms with Crippen molar-refractivity contribution in [2.24, 2.45) is 29.4 Å². The molecule has 0 radical (unpaired) electrons. The molecule has 2 aliphatic rings. The first-order valence-corrected chi connectivity index (χ1v) is 27.3. The number of aliphatic hydroxyl groups excluding tert-OH is 4. The number of ether oxygens (including phenoxy) is 5. The number of benzene rings is 2. The quantitative estimate of drug-likeness (QED) is 0.0589. The van der Waals surface area contributed by atoms with Crippen molar-refractivity contribution >= 4 is 47.3 Å². The predicted octanol–water partition coefficient (Wildman–Crippen LogP) is 2.14. The van der Waals surface area contributed by atoms with E-state index in [1.165, 1.54) is 44.4 Å².